The Morgan fingerprint density at radius 1 is 1.42 bits per heavy atom. The molecule has 0 saturated carbocycles. The van der Waals surface area contributed by atoms with Gasteiger partial charge in [0.2, 0.25) is 5.88 Å². The molecule has 1 aliphatic rings. The summed E-state index contributed by atoms with van der Waals surface area (Å²) in [6.45, 7) is 6.06. The van der Waals surface area contributed by atoms with Crippen molar-refractivity contribution in [3.8, 4) is 5.88 Å². The van der Waals surface area contributed by atoms with Crippen LogP contribution in [0.25, 0.3) is 0 Å². The van der Waals surface area contributed by atoms with Crippen molar-refractivity contribution in [2.24, 2.45) is 12.8 Å². The average Bonchev–Trinajstić information content (AvgIpc) is 2.61. The Hall–Kier alpha value is -1.11. The van der Waals surface area contributed by atoms with Crippen LogP contribution in [0.2, 0.25) is 0 Å². The highest BCUT2D eigenvalue weighted by Gasteiger charge is 2.27. The SMILES string of the molecule is COc1c(C(CN)N2CCCOCC2)c(C)nn1C. The van der Waals surface area contributed by atoms with Crippen LogP contribution in [0.1, 0.15) is 23.7 Å². The summed E-state index contributed by atoms with van der Waals surface area (Å²) in [5.41, 5.74) is 8.11. The standard InChI is InChI=1S/C13H24N4O2/c1-10-12(13(18-3)16(2)15-10)11(9-14)17-5-4-7-19-8-6-17/h11H,4-9,14H2,1-3H3. The number of nitrogens with two attached hydrogens (primary N) is 1. The highest BCUT2D eigenvalue weighted by Crippen LogP contribution is 2.31. The Morgan fingerprint density at radius 3 is 2.89 bits per heavy atom. The van der Waals surface area contributed by atoms with E-state index in [9.17, 15) is 0 Å². The second kappa shape index (κ2) is 6.36. The highest BCUT2D eigenvalue weighted by molar-refractivity contribution is 5.34. The quantitative estimate of drug-likeness (QED) is 0.859. The number of nitrogens with zero attached hydrogens (tertiary/aromatic N) is 3. The van der Waals surface area contributed by atoms with Gasteiger partial charge in [-0.25, -0.2) is 4.68 Å². The van der Waals surface area contributed by atoms with E-state index < -0.39 is 0 Å². The molecule has 1 aromatic heterocycles. The summed E-state index contributed by atoms with van der Waals surface area (Å²) < 4.78 is 12.8. The molecular weight excluding hydrogens is 244 g/mol. The fourth-order valence-corrected chi connectivity index (χ4v) is 2.81. The van der Waals surface area contributed by atoms with E-state index in [1.807, 2.05) is 14.0 Å². The van der Waals surface area contributed by atoms with Crippen LogP contribution in [0.3, 0.4) is 0 Å². The maximum atomic E-state index is 6.01. The van der Waals surface area contributed by atoms with Crippen molar-refractivity contribution in [1.82, 2.24) is 14.7 Å². The lowest BCUT2D eigenvalue weighted by Crippen LogP contribution is -2.36. The van der Waals surface area contributed by atoms with E-state index in [0.29, 0.717) is 6.54 Å². The lowest BCUT2D eigenvalue weighted by Gasteiger charge is -2.29. The monoisotopic (exact) mass is 268 g/mol. The molecule has 6 heteroatoms. The van der Waals surface area contributed by atoms with E-state index in [4.69, 9.17) is 15.2 Å². The van der Waals surface area contributed by atoms with Crippen LogP contribution in [0.5, 0.6) is 5.88 Å². The fourth-order valence-electron chi connectivity index (χ4n) is 2.81. The molecule has 108 valence electrons. The Balaban J connectivity index is 2.30. The van der Waals surface area contributed by atoms with Gasteiger partial charge in [-0.05, 0) is 13.3 Å². The molecule has 0 amide bonds. The predicted octanol–water partition coefficient (Wildman–Crippen LogP) is 0.459. The zero-order chi connectivity index (χ0) is 13.8. The molecule has 1 aliphatic heterocycles. The predicted molar refractivity (Wildman–Crippen MR) is 73.3 cm³/mol. The summed E-state index contributed by atoms with van der Waals surface area (Å²) in [7, 11) is 3.58. The topological polar surface area (TPSA) is 65.5 Å². The molecule has 2 rings (SSSR count). The van der Waals surface area contributed by atoms with Gasteiger partial charge in [0.25, 0.3) is 0 Å². The zero-order valence-corrected chi connectivity index (χ0v) is 12.1. The molecule has 0 aliphatic carbocycles. The summed E-state index contributed by atoms with van der Waals surface area (Å²) in [6.07, 6.45) is 1.04. The summed E-state index contributed by atoms with van der Waals surface area (Å²) >= 11 is 0. The smallest absolute Gasteiger partial charge is 0.216 e. The minimum atomic E-state index is 0.144. The summed E-state index contributed by atoms with van der Waals surface area (Å²) in [6, 6.07) is 0.144. The van der Waals surface area contributed by atoms with Gasteiger partial charge in [-0.3, -0.25) is 4.90 Å². The van der Waals surface area contributed by atoms with Gasteiger partial charge in [-0.1, -0.05) is 0 Å². The van der Waals surface area contributed by atoms with Crippen LogP contribution in [0, 0.1) is 6.92 Å². The van der Waals surface area contributed by atoms with E-state index in [-0.39, 0.29) is 6.04 Å². The molecule has 0 bridgehead atoms. The Kier molecular flexibility index (Phi) is 4.79. The third-order valence-electron chi connectivity index (χ3n) is 3.66. The van der Waals surface area contributed by atoms with E-state index in [1.54, 1.807) is 11.8 Å². The third kappa shape index (κ3) is 2.91. The summed E-state index contributed by atoms with van der Waals surface area (Å²) in [5.74, 6) is 0.804. The number of aromatic nitrogens is 2. The molecule has 1 unspecified atom stereocenters. The van der Waals surface area contributed by atoms with Gasteiger partial charge in [0.05, 0.1) is 31.0 Å². The van der Waals surface area contributed by atoms with Crippen LogP contribution in [0.4, 0.5) is 0 Å². The first-order chi connectivity index (χ1) is 9.19. The van der Waals surface area contributed by atoms with Crippen LogP contribution in [-0.2, 0) is 11.8 Å². The summed E-state index contributed by atoms with van der Waals surface area (Å²) in [4.78, 5) is 2.37. The second-order valence-electron chi connectivity index (χ2n) is 4.89. The van der Waals surface area contributed by atoms with E-state index in [1.165, 1.54) is 0 Å². The van der Waals surface area contributed by atoms with E-state index >= 15 is 0 Å². The van der Waals surface area contributed by atoms with Crippen molar-refractivity contribution in [3.05, 3.63) is 11.3 Å². The second-order valence-corrected chi connectivity index (χ2v) is 4.89. The Morgan fingerprint density at radius 2 is 2.21 bits per heavy atom. The number of ether oxygens (including phenoxy) is 2. The van der Waals surface area contributed by atoms with Gasteiger partial charge in [0.1, 0.15) is 0 Å². The summed E-state index contributed by atoms with van der Waals surface area (Å²) in [5, 5.41) is 4.45. The van der Waals surface area contributed by atoms with Gasteiger partial charge in [0.15, 0.2) is 0 Å². The van der Waals surface area contributed by atoms with Crippen LogP contribution in [0.15, 0.2) is 0 Å². The van der Waals surface area contributed by atoms with Gasteiger partial charge >= 0.3 is 0 Å². The third-order valence-corrected chi connectivity index (χ3v) is 3.66. The number of rotatable bonds is 4. The largest absolute Gasteiger partial charge is 0.481 e. The number of methoxy groups -OCH3 is 1. The van der Waals surface area contributed by atoms with Gasteiger partial charge in [0, 0.05) is 33.3 Å². The molecule has 0 radical (unpaired) electrons. The average molecular weight is 268 g/mol. The molecule has 19 heavy (non-hydrogen) atoms. The molecule has 1 atom stereocenters. The maximum Gasteiger partial charge on any atom is 0.216 e. The maximum absolute atomic E-state index is 6.01. The number of hydrogen-bond acceptors (Lipinski definition) is 5. The van der Waals surface area contributed by atoms with Gasteiger partial charge in [-0.2, -0.15) is 5.10 Å². The molecule has 1 saturated heterocycles. The van der Waals surface area contributed by atoms with Crippen LogP contribution < -0.4 is 10.5 Å². The molecule has 6 nitrogen and oxygen atoms in total. The molecular formula is C13H24N4O2. The minimum Gasteiger partial charge on any atom is -0.481 e. The molecule has 2 N–H and O–H groups in total. The first-order valence-corrected chi connectivity index (χ1v) is 6.78. The van der Waals surface area contributed by atoms with Gasteiger partial charge < -0.3 is 15.2 Å². The lowest BCUT2D eigenvalue weighted by molar-refractivity contribution is 0.132. The first-order valence-electron chi connectivity index (χ1n) is 6.78. The van der Waals surface area contributed by atoms with Crippen molar-refractivity contribution < 1.29 is 9.47 Å². The van der Waals surface area contributed by atoms with Crippen molar-refractivity contribution in [1.29, 1.82) is 0 Å². The molecule has 2 heterocycles. The minimum absolute atomic E-state index is 0.144. The van der Waals surface area contributed by atoms with Gasteiger partial charge in [-0.15, -0.1) is 0 Å². The Labute approximate surface area is 114 Å². The van der Waals surface area contributed by atoms with Crippen molar-refractivity contribution in [2.45, 2.75) is 19.4 Å². The molecule has 0 spiro atoms. The zero-order valence-electron chi connectivity index (χ0n) is 12.1. The van der Waals surface area contributed by atoms with Crippen molar-refractivity contribution >= 4 is 0 Å². The van der Waals surface area contributed by atoms with Crippen molar-refractivity contribution in [2.75, 3.05) is 40.0 Å². The van der Waals surface area contributed by atoms with Crippen molar-refractivity contribution in [3.63, 3.8) is 0 Å². The number of hydrogen-bond donors (Lipinski definition) is 1. The van der Waals surface area contributed by atoms with Crippen LogP contribution >= 0.6 is 0 Å². The first kappa shape index (κ1) is 14.3. The number of aryl methyl sites for hydroxylation is 2. The Bertz CT molecular complexity index is 411. The fraction of sp³-hybridized carbons (Fsp3) is 0.769. The van der Waals surface area contributed by atoms with Crippen LogP contribution in [-0.4, -0.2) is 54.6 Å². The molecule has 1 aromatic rings. The highest BCUT2D eigenvalue weighted by atomic mass is 16.5. The molecule has 0 aromatic carbocycles. The normalized spacial score (nSPS) is 19.2. The lowest BCUT2D eigenvalue weighted by atomic mass is 10.1. The van der Waals surface area contributed by atoms with E-state index in [2.05, 4.69) is 10.00 Å². The van der Waals surface area contributed by atoms with E-state index in [0.717, 1.165) is 49.9 Å². The molecule has 1 fully saturated rings.